The normalized spacial score (nSPS) is 20.0. The Morgan fingerprint density at radius 3 is 1.20 bits per heavy atom. The van der Waals surface area contributed by atoms with Gasteiger partial charge in [-0.15, -0.1) is 0 Å². The highest BCUT2D eigenvalue weighted by atomic mass is 16.5. The van der Waals surface area contributed by atoms with Gasteiger partial charge >= 0.3 is 0 Å². The smallest absolute Gasteiger partial charge is 0.141 e. The van der Waals surface area contributed by atoms with Crippen LogP contribution in [0.25, 0.3) is 0 Å². The molecule has 4 heterocycles. The third-order valence-electron chi connectivity index (χ3n) is 8.47. The number of pyridine rings is 2. The van der Waals surface area contributed by atoms with Gasteiger partial charge in [0.1, 0.15) is 23.7 Å². The van der Waals surface area contributed by atoms with E-state index in [-0.39, 0.29) is 12.2 Å². The second kappa shape index (κ2) is 13.0. The highest BCUT2D eigenvalue weighted by molar-refractivity contribution is 5.46. The van der Waals surface area contributed by atoms with E-state index < -0.39 is 0 Å². The zero-order valence-electron chi connectivity index (χ0n) is 24.4. The third-order valence-corrected chi connectivity index (χ3v) is 8.47. The fourth-order valence-corrected chi connectivity index (χ4v) is 6.33. The number of hydrogen-bond donors (Lipinski definition) is 0. The standard InChI is InChI=1S/2C20H17NO/c2*1-2-8-15(9-3-1)17-14-20(18-11-6-7-13-21-18)22-19-12-5-4-10-16(17)19/h2*1-13,17,20H,14H2/t2*17-,20+/m10/s1. The van der Waals surface area contributed by atoms with E-state index >= 15 is 0 Å². The summed E-state index contributed by atoms with van der Waals surface area (Å²) in [6, 6.07) is 50.0. The van der Waals surface area contributed by atoms with E-state index in [0.29, 0.717) is 11.8 Å². The molecule has 8 rings (SSSR count). The lowest BCUT2D eigenvalue weighted by atomic mass is 9.83. The number of aromatic nitrogens is 2. The number of rotatable bonds is 4. The average Bonchev–Trinajstić information content (AvgIpc) is 3.12. The summed E-state index contributed by atoms with van der Waals surface area (Å²) in [5.74, 6) is 2.63. The first-order chi connectivity index (χ1) is 21.8. The van der Waals surface area contributed by atoms with E-state index in [4.69, 9.17) is 9.47 Å². The van der Waals surface area contributed by atoms with Gasteiger partial charge in [0.2, 0.25) is 0 Å². The molecule has 4 aromatic carbocycles. The monoisotopic (exact) mass is 574 g/mol. The lowest BCUT2D eigenvalue weighted by Gasteiger charge is -2.32. The van der Waals surface area contributed by atoms with Crippen LogP contribution in [0.3, 0.4) is 0 Å². The fourth-order valence-electron chi connectivity index (χ4n) is 6.33. The van der Waals surface area contributed by atoms with E-state index in [0.717, 1.165) is 35.7 Å². The molecule has 4 atom stereocenters. The summed E-state index contributed by atoms with van der Waals surface area (Å²) in [5, 5.41) is 0. The number of fused-ring (bicyclic) bond motifs is 2. The van der Waals surface area contributed by atoms with Crippen molar-refractivity contribution in [1.29, 1.82) is 0 Å². The van der Waals surface area contributed by atoms with E-state index in [1.54, 1.807) is 0 Å². The van der Waals surface area contributed by atoms with Crippen molar-refractivity contribution in [3.8, 4) is 11.5 Å². The Kier molecular flexibility index (Phi) is 8.13. The van der Waals surface area contributed by atoms with Crippen molar-refractivity contribution >= 4 is 0 Å². The summed E-state index contributed by atoms with van der Waals surface area (Å²) in [5.41, 5.74) is 7.19. The minimum Gasteiger partial charge on any atom is -0.484 e. The van der Waals surface area contributed by atoms with E-state index in [9.17, 15) is 0 Å². The molecule has 0 unspecified atom stereocenters. The van der Waals surface area contributed by atoms with Crippen molar-refractivity contribution in [2.75, 3.05) is 0 Å². The quantitative estimate of drug-likeness (QED) is 0.210. The summed E-state index contributed by atoms with van der Waals surface area (Å²) in [4.78, 5) is 8.96. The van der Waals surface area contributed by atoms with Crippen LogP contribution in [0.2, 0.25) is 0 Å². The molecular formula is C40H34N2O2. The Balaban J connectivity index is 0.000000142. The Hall–Kier alpha value is -5.22. The molecule has 2 aliphatic heterocycles. The van der Waals surface area contributed by atoms with Crippen LogP contribution in [-0.2, 0) is 0 Å². The van der Waals surface area contributed by atoms with Crippen LogP contribution >= 0.6 is 0 Å². The largest absolute Gasteiger partial charge is 0.484 e. The second-order valence-corrected chi connectivity index (χ2v) is 11.2. The van der Waals surface area contributed by atoms with Crippen LogP contribution in [0, 0.1) is 0 Å². The van der Waals surface area contributed by atoms with Gasteiger partial charge in [0, 0.05) is 48.2 Å². The number of benzene rings is 4. The molecule has 0 saturated carbocycles. The van der Waals surface area contributed by atoms with Gasteiger partial charge in [0.05, 0.1) is 11.4 Å². The molecule has 2 aromatic heterocycles. The highest BCUT2D eigenvalue weighted by Crippen LogP contribution is 2.45. The molecule has 0 amide bonds. The van der Waals surface area contributed by atoms with Crippen LogP contribution < -0.4 is 9.47 Å². The van der Waals surface area contributed by atoms with Gasteiger partial charge in [-0.3, -0.25) is 9.97 Å². The summed E-state index contributed by atoms with van der Waals surface area (Å²) in [7, 11) is 0. The molecule has 4 heteroatoms. The van der Waals surface area contributed by atoms with Crippen molar-refractivity contribution in [3.63, 3.8) is 0 Å². The number of nitrogens with zero attached hydrogens (tertiary/aromatic N) is 2. The molecule has 6 aromatic rings. The maximum Gasteiger partial charge on any atom is 0.141 e. The first kappa shape index (κ1) is 27.6. The molecule has 0 saturated heterocycles. The van der Waals surface area contributed by atoms with Crippen LogP contribution in [0.1, 0.15) is 70.5 Å². The molecule has 0 N–H and O–H groups in total. The van der Waals surface area contributed by atoms with Gasteiger partial charge in [-0.05, 0) is 47.5 Å². The van der Waals surface area contributed by atoms with Crippen LogP contribution in [0.15, 0.2) is 158 Å². The first-order valence-corrected chi connectivity index (χ1v) is 15.3. The topological polar surface area (TPSA) is 44.2 Å². The predicted octanol–water partition coefficient (Wildman–Crippen LogP) is 9.47. The van der Waals surface area contributed by atoms with Gasteiger partial charge in [-0.1, -0.05) is 109 Å². The number of para-hydroxylation sites is 2. The molecular weight excluding hydrogens is 540 g/mol. The van der Waals surface area contributed by atoms with Crippen molar-refractivity contribution in [3.05, 3.63) is 192 Å². The maximum atomic E-state index is 6.21. The van der Waals surface area contributed by atoms with Gasteiger partial charge in [-0.2, -0.15) is 0 Å². The minimum absolute atomic E-state index is 0.00121. The summed E-state index contributed by atoms with van der Waals surface area (Å²) < 4.78 is 12.4. The lowest BCUT2D eigenvalue weighted by molar-refractivity contribution is 0.163. The van der Waals surface area contributed by atoms with Gasteiger partial charge in [-0.25, -0.2) is 0 Å². The molecule has 0 radical (unpaired) electrons. The van der Waals surface area contributed by atoms with Crippen LogP contribution in [-0.4, -0.2) is 9.97 Å². The molecule has 216 valence electrons. The number of ether oxygens (including phenoxy) is 2. The molecule has 0 bridgehead atoms. The molecule has 4 nitrogen and oxygen atoms in total. The molecule has 44 heavy (non-hydrogen) atoms. The second-order valence-electron chi connectivity index (χ2n) is 11.2. The lowest BCUT2D eigenvalue weighted by Crippen LogP contribution is -2.20. The Labute approximate surface area is 259 Å². The zero-order valence-corrected chi connectivity index (χ0v) is 24.4. The molecule has 0 fully saturated rings. The molecule has 0 spiro atoms. The SMILES string of the molecule is c1ccc([C@@H]2C[C@H](c3ccccn3)Oc3ccccc32)cc1.c1ccc([C@H]2C[C@@H](c3ccccn3)Oc3ccccc32)cc1. The Morgan fingerprint density at radius 1 is 0.409 bits per heavy atom. The van der Waals surface area contributed by atoms with E-state index in [2.05, 4.69) is 107 Å². The van der Waals surface area contributed by atoms with E-state index in [1.807, 2.05) is 60.9 Å². The summed E-state index contributed by atoms with van der Waals surface area (Å²) >= 11 is 0. The number of hydrogen-bond acceptors (Lipinski definition) is 4. The summed E-state index contributed by atoms with van der Waals surface area (Å²) in [6.07, 6.45) is 5.49. The maximum absolute atomic E-state index is 6.21. The van der Waals surface area contributed by atoms with Gasteiger partial charge in [0.15, 0.2) is 0 Å². The average molecular weight is 575 g/mol. The fraction of sp³-hybridized carbons (Fsp3) is 0.150. The zero-order chi connectivity index (χ0) is 29.6. The van der Waals surface area contributed by atoms with Crippen molar-refractivity contribution in [2.24, 2.45) is 0 Å². The van der Waals surface area contributed by atoms with Crippen LogP contribution in [0.5, 0.6) is 11.5 Å². The van der Waals surface area contributed by atoms with Crippen LogP contribution in [0.4, 0.5) is 0 Å². The Morgan fingerprint density at radius 2 is 0.795 bits per heavy atom. The van der Waals surface area contributed by atoms with E-state index in [1.165, 1.54) is 22.3 Å². The highest BCUT2D eigenvalue weighted by Gasteiger charge is 2.32. The first-order valence-electron chi connectivity index (χ1n) is 15.3. The predicted molar refractivity (Wildman–Crippen MR) is 174 cm³/mol. The van der Waals surface area contributed by atoms with Gasteiger partial charge in [0.25, 0.3) is 0 Å². The summed E-state index contributed by atoms with van der Waals surface area (Å²) in [6.45, 7) is 0. The van der Waals surface area contributed by atoms with Crippen molar-refractivity contribution < 1.29 is 9.47 Å². The third kappa shape index (κ3) is 5.97. The van der Waals surface area contributed by atoms with Crippen molar-refractivity contribution in [2.45, 2.75) is 36.9 Å². The molecule has 2 aliphatic rings. The van der Waals surface area contributed by atoms with Crippen molar-refractivity contribution in [1.82, 2.24) is 9.97 Å². The molecule has 0 aliphatic carbocycles. The minimum atomic E-state index is 0.00121. The van der Waals surface area contributed by atoms with Gasteiger partial charge < -0.3 is 9.47 Å². The Bertz CT molecular complexity index is 1640.